The molecule has 0 amide bonds. The summed E-state index contributed by atoms with van der Waals surface area (Å²) in [6.07, 6.45) is 1.19. The summed E-state index contributed by atoms with van der Waals surface area (Å²) in [5.41, 5.74) is 2.93. The predicted molar refractivity (Wildman–Crippen MR) is 105 cm³/mol. The minimum absolute atomic E-state index is 0.0301. The van der Waals surface area contributed by atoms with E-state index in [9.17, 15) is 10.2 Å². The van der Waals surface area contributed by atoms with E-state index >= 15 is 0 Å². The van der Waals surface area contributed by atoms with Crippen LogP contribution < -0.4 is 25.9 Å². The van der Waals surface area contributed by atoms with Crippen LogP contribution >= 0.6 is 23.4 Å². The second-order valence-corrected chi connectivity index (χ2v) is 11.4. The van der Waals surface area contributed by atoms with Crippen molar-refractivity contribution >= 4 is 23.4 Å². The molecule has 0 aliphatic carbocycles. The number of alkyl halides is 2. The van der Waals surface area contributed by atoms with Crippen LogP contribution in [0.5, 0.6) is 5.75 Å². The third-order valence-electron chi connectivity index (χ3n) is 4.29. The molecule has 1 aliphatic heterocycles. The molecule has 1 heterocycles. The number of aliphatic hydroxyl groups is 2. The van der Waals surface area contributed by atoms with Crippen molar-refractivity contribution in [2.75, 3.05) is 12.9 Å². The van der Waals surface area contributed by atoms with Gasteiger partial charge in [0.25, 0.3) is 0 Å². The second-order valence-electron chi connectivity index (χ2n) is 6.16. The fraction of sp³-hybridized carbons (Fsp3) is 0.400. The van der Waals surface area contributed by atoms with Gasteiger partial charge in [-0.15, -0.1) is 0 Å². The van der Waals surface area contributed by atoms with Gasteiger partial charge in [-0.1, -0.05) is 0 Å². The van der Waals surface area contributed by atoms with E-state index in [1.54, 1.807) is 11.8 Å². The molecule has 0 bridgehead atoms. The summed E-state index contributed by atoms with van der Waals surface area (Å²) in [5, 5.41) is 21.3. The molecule has 27 heavy (non-hydrogen) atoms. The molecule has 4 nitrogen and oxygen atoms in total. The van der Waals surface area contributed by atoms with Gasteiger partial charge in [0.1, 0.15) is 0 Å². The third kappa shape index (κ3) is 5.31. The number of thioether (sulfide) groups is 1. The minimum atomic E-state index is -0.902. The number of ether oxygens (including phenoxy) is 2. The molecule has 1 unspecified atom stereocenters. The summed E-state index contributed by atoms with van der Waals surface area (Å²) in [6, 6.07) is 13.6. The van der Waals surface area contributed by atoms with Crippen molar-refractivity contribution in [3.63, 3.8) is 0 Å². The van der Waals surface area contributed by atoms with Gasteiger partial charge in [0, 0.05) is 0 Å². The standard InChI is InChI=1S/C20H23ClIO4S/c1-3-25-15-7-4-12(5-8-15)10-14-11-13(6-9-16(14)21)18-17(23)19(24)22-20(26-18)27-2/h4-9,11,17-20,23-24H,3,10H2,1-2H3/q-1/t17?,18-,19+,20+/m0/s1. The third-order valence-corrected chi connectivity index (χ3v) is 9.71. The van der Waals surface area contributed by atoms with E-state index in [0.29, 0.717) is 18.1 Å². The average molecular weight is 522 g/mol. The normalized spacial score (nSPS) is 25.7. The number of rotatable bonds is 6. The molecule has 3 rings (SSSR count). The molecule has 2 aromatic carbocycles. The Labute approximate surface area is 179 Å². The van der Waals surface area contributed by atoms with E-state index in [0.717, 1.165) is 22.4 Å². The van der Waals surface area contributed by atoms with Gasteiger partial charge in [-0.25, -0.2) is 0 Å². The maximum absolute atomic E-state index is 10.4. The fourth-order valence-electron chi connectivity index (χ4n) is 2.93. The molecule has 1 fully saturated rings. The van der Waals surface area contributed by atoms with Gasteiger partial charge in [0.2, 0.25) is 0 Å². The summed E-state index contributed by atoms with van der Waals surface area (Å²) in [4.78, 5) is 0. The summed E-state index contributed by atoms with van der Waals surface area (Å²) in [6.45, 7) is 2.60. The molecule has 148 valence electrons. The zero-order chi connectivity index (χ0) is 19.4. The van der Waals surface area contributed by atoms with E-state index in [1.807, 2.05) is 55.6 Å². The SMILES string of the molecule is CCOc1ccc(Cc2cc([C@@H]3O[C@H](SC)[I-][C@H](O)C3O)ccc2Cl)cc1. The average Bonchev–Trinajstić information content (AvgIpc) is 2.67. The molecule has 4 atom stereocenters. The maximum atomic E-state index is 10.4. The molecular weight excluding hydrogens is 499 g/mol. The summed E-state index contributed by atoms with van der Waals surface area (Å²) in [7, 11) is 0. The topological polar surface area (TPSA) is 58.9 Å². The Bertz CT molecular complexity index is 758. The Hall–Kier alpha value is -0.510. The Balaban J connectivity index is 1.81. The van der Waals surface area contributed by atoms with Crippen molar-refractivity contribution in [2.24, 2.45) is 0 Å². The molecule has 1 aliphatic rings. The zero-order valence-electron chi connectivity index (χ0n) is 15.1. The van der Waals surface area contributed by atoms with Gasteiger partial charge in [-0.3, -0.25) is 0 Å². The first-order chi connectivity index (χ1) is 13.0. The first-order valence-corrected chi connectivity index (χ1v) is 12.8. The number of hydrogen-bond acceptors (Lipinski definition) is 5. The molecular formula is C20H23ClIO4S-. The number of aliphatic hydroxyl groups excluding tert-OH is 2. The van der Waals surface area contributed by atoms with Gasteiger partial charge in [-0.2, -0.15) is 0 Å². The predicted octanol–water partition coefficient (Wildman–Crippen LogP) is 0.816. The van der Waals surface area contributed by atoms with Crippen molar-refractivity contribution in [1.29, 1.82) is 0 Å². The van der Waals surface area contributed by atoms with Crippen LogP contribution in [0.2, 0.25) is 5.02 Å². The second kappa shape index (κ2) is 9.80. The molecule has 0 radical (unpaired) electrons. The van der Waals surface area contributed by atoms with Crippen LogP contribution in [0.15, 0.2) is 42.5 Å². The van der Waals surface area contributed by atoms with Crippen LogP contribution in [0, 0.1) is 0 Å². The summed E-state index contributed by atoms with van der Waals surface area (Å²) in [5.74, 6) is 0.847. The van der Waals surface area contributed by atoms with E-state index < -0.39 is 37.5 Å². The zero-order valence-corrected chi connectivity index (χ0v) is 18.9. The number of halogens is 2. The van der Waals surface area contributed by atoms with Crippen molar-refractivity contribution < 1.29 is 40.9 Å². The van der Waals surface area contributed by atoms with Crippen LogP contribution in [0.3, 0.4) is 0 Å². The Morgan fingerprint density at radius 2 is 1.93 bits per heavy atom. The summed E-state index contributed by atoms with van der Waals surface area (Å²) < 4.78 is 10.8. The van der Waals surface area contributed by atoms with E-state index in [-0.39, 0.29) is 3.44 Å². The molecule has 7 heteroatoms. The van der Waals surface area contributed by atoms with Crippen LogP contribution in [0.1, 0.15) is 29.7 Å². The first-order valence-electron chi connectivity index (χ1n) is 8.68. The van der Waals surface area contributed by atoms with Crippen molar-refractivity contribution in [3.05, 3.63) is 64.2 Å². The van der Waals surface area contributed by atoms with Gasteiger partial charge in [0.15, 0.2) is 0 Å². The van der Waals surface area contributed by atoms with Gasteiger partial charge < -0.3 is 0 Å². The van der Waals surface area contributed by atoms with Gasteiger partial charge in [0.05, 0.1) is 6.61 Å². The van der Waals surface area contributed by atoms with E-state index in [4.69, 9.17) is 21.1 Å². The van der Waals surface area contributed by atoms with Crippen LogP contribution in [0.4, 0.5) is 0 Å². The molecule has 0 aromatic heterocycles. The van der Waals surface area contributed by atoms with Crippen molar-refractivity contribution in [1.82, 2.24) is 0 Å². The summed E-state index contributed by atoms with van der Waals surface area (Å²) >= 11 is 7.37. The van der Waals surface area contributed by atoms with Gasteiger partial charge >= 0.3 is 167 Å². The fourth-order valence-corrected chi connectivity index (χ4v) is 6.93. The van der Waals surface area contributed by atoms with Crippen LogP contribution in [-0.2, 0) is 11.2 Å². The Morgan fingerprint density at radius 3 is 2.59 bits per heavy atom. The van der Waals surface area contributed by atoms with Crippen molar-refractivity contribution in [2.45, 2.75) is 33.1 Å². The van der Waals surface area contributed by atoms with E-state index in [2.05, 4.69) is 0 Å². The molecule has 0 saturated carbocycles. The molecule has 1 saturated heterocycles. The van der Waals surface area contributed by atoms with Crippen LogP contribution in [-0.4, -0.2) is 36.7 Å². The first kappa shape index (κ1) is 21.2. The van der Waals surface area contributed by atoms with Gasteiger partial charge in [-0.05, 0) is 6.92 Å². The monoisotopic (exact) mass is 521 g/mol. The molecule has 0 spiro atoms. The Kier molecular flexibility index (Phi) is 7.70. The number of benzene rings is 2. The molecule has 2 N–H and O–H groups in total. The Morgan fingerprint density at radius 1 is 1.19 bits per heavy atom. The van der Waals surface area contributed by atoms with Crippen molar-refractivity contribution in [3.8, 4) is 5.75 Å². The van der Waals surface area contributed by atoms with Crippen LogP contribution in [0.25, 0.3) is 0 Å². The molecule has 2 aromatic rings. The quantitative estimate of drug-likeness (QED) is 0.435. The number of hydrogen-bond donors (Lipinski definition) is 2. The van der Waals surface area contributed by atoms with E-state index in [1.165, 1.54) is 0 Å².